The van der Waals surface area contributed by atoms with E-state index in [0.717, 1.165) is 32.5 Å². The summed E-state index contributed by atoms with van der Waals surface area (Å²) in [7, 11) is 0.889. The minimum atomic E-state index is -4.29. The number of nitrogens with zero attached hydrogens (tertiary/aromatic N) is 3. The molecule has 0 aliphatic rings. The van der Waals surface area contributed by atoms with Gasteiger partial charge in [-0.15, -0.1) is 0 Å². The lowest BCUT2D eigenvalue weighted by Crippen LogP contribution is -2.53. The minimum absolute atomic E-state index is 0.0169. The van der Waals surface area contributed by atoms with Crippen LogP contribution < -0.4 is 47.8 Å². The topological polar surface area (TPSA) is 358 Å². The van der Waals surface area contributed by atoms with Crippen LogP contribution >= 0.6 is 0 Å². The summed E-state index contributed by atoms with van der Waals surface area (Å²) in [6.07, 6.45) is 4.91. The van der Waals surface area contributed by atoms with Crippen molar-refractivity contribution in [1.82, 2.24) is 45.4 Å². The van der Waals surface area contributed by atoms with E-state index in [1.165, 1.54) is 6.20 Å². The highest BCUT2D eigenvalue weighted by atomic mass is 32.2. The summed E-state index contributed by atoms with van der Waals surface area (Å²) >= 11 is 0. The molecule has 0 bridgehead atoms. The second-order valence-electron chi connectivity index (χ2n) is 18.2. The number of aryl methyl sites for hydroxylation is 5. The summed E-state index contributed by atoms with van der Waals surface area (Å²) in [6, 6.07) is 4.36. The van der Waals surface area contributed by atoms with Crippen molar-refractivity contribution < 1.29 is 65.7 Å². The van der Waals surface area contributed by atoms with E-state index in [1.807, 2.05) is 14.0 Å². The van der Waals surface area contributed by atoms with Gasteiger partial charge in [-0.3, -0.25) is 43.2 Å². The van der Waals surface area contributed by atoms with Crippen molar-refractivity contribution in [2.45, 2.75) is 102 Å². The molecule has 78 heavy (non-hydrogen) atoms. The molecule has 26 nitrogen and oxygen atoms in total. The predicted octanol–water partition coefficient (Wildman–Crippen LogP) is -0.224. The Hall–Kier alpha value is -7.75. The molecule has 4 aromatic rings. The van der Waals surface area contributed by atoms with Gasteiger partial charge in [0.2, 0.25) is 45.0 Å². The van der Waals surface area contributed by atoms with Gasteiger partial charge >= 0.3 is 17.9 Å². The van der Waals surface area contributed by atoms with E-state index in [4.69, 9.17) is 15.2 Å². The van der Waals surface area contributed by atoms with Crippen molar-refractivity contribution in [2.24, 2.45) is 12.8 Å². The molecule has 0 aliphatic carbocycles. The Morgan fingerprint density at radius 3 is 1.97 bits per heavy atom. The molecular weight excluding hydrogens is 1040 g/mol. The van der Waals surface area contributed by atoms with Crippen molar-refractivity contribution in [1.29, 1.82) is 0 Å². The van der Waals surface area contributed by atoms with Crippen molar-refractivity contribution in [3.8, 4) is 0 Å². The number of hydrogen-bond donors (Lipinski definition) is 8. The van der Waals surface area contributed by atoms with Crippen LogP contribution in [0, 0.1) is 20.8 Å². The molecule has 2 aromatic carbocycles. The van der Waals surface area contributed by atoms with E-state index in [-0.39, 0.29) is 79.9 Å². The fraction of sp³-hybridized carbons (Fsp3) is 0.490. The van der Waals surface area contributed by atoms with Gasteiger partial charge in [0.1, 0.15) is 17.6 Å². The zero-order valence-corrected chi connectivity index (χ0v) is 45.7. The van der Waals surface area contributed by atoms with Crippen LogP contribution in [0.4, 0.5) is 5.95 Å². The summed E-state index contributed by atoms with van der Waals surface area (Å²) in [5, 5.41) is 16.4. The molecule has 27 heteroatoms. The molecular formula is C51H71N11O15S. The second kappa shape index (κ2) is 30.9. The molecule has 5 amide bonds. The number of benzene rings is 2. The van der Waals surface area contributed by atoms with Crippen LogP contribution in [0.5, 0.6) is 0 Å². The zero-order chi connectivity index (χ0) is 57.5. The molecule has 2 heterocycles. The average molecular weight is 1110 g/mol. The highest BCUT2D eigenvalue weighted by Gasteiger charge is 2.31. The lowest BCUT2D eigenvalue weighted by Gasteiger charge is -2.20. The number of amides is 5. The van der Waals surface area contributed by atoms with Gasteiger partial charge in [-0.2, -0.15) is 4.72 Å². The molecule has 0 fully saturated rings. The first kappa shape index (κ1) is 62.8. The second-order valence-corrected chi connectivity index (χ2v) is 19.8. The highest BCUT2D eigenvalue weighted by molar-refractivity contribution is 7.89. The van der Waals surface area contributed by atoms with E-state index < -0.39 is 88.6 Å². The minimum Gasteiger partial charge on any atom is -0.469 e. The number of hydrogen-bond acceptors (Lipinski definition) is 18. The van der Waals surface area contributed by atoms with Gasteiger partial charge in [0, 0.05) is 96.3 Å². The van der Waals surface area contributed by atoms with Crippen molar-refractivity contribution in [2.75, 3.05) is 66.0 Å². The Morgan fingerprint density at radius 2 is 1.37 bits per heavy atom. The number of carbonyl (C=O) groups is 8. The van der Waals surface area contributed by atoms with Gasteiger partial charge in [-0.1, -0.05) is 23.8 Å². The Kier molecular flexibility index (Phi) is 24.8. The van der Waals surface area contributed by atoms with E-state index in [1.54, 1.807) is 65.7 Å². The first-order valence-electron chi connectivity index (χ1n) is 25.0. The molecule has 0 aliphatic heterocycles. The molecule has 0 spiro atoms. The molecule has 426 valence electrons. The number of carbonyl (C=O) groups excluding carboxylic acids is 8. The number of nitrogens with one attached hydrogen (secondary N) is 7. The summed E-state index contributed by atoms with van der Waals surface area (Å²) in [6.45, 7) is 6.22. The van der Waals surface area contributed by atoms with Crippen LogP contribution in [0.3, 0.4) is 0 Å². The zero-order valence-electron chi connectivity index (χ0n) is 44.9. The number of sulfonamides is 1. The first-order valence-corrected chi connectivity index (χ1v) is 26.5. The molecule has 2 unspecified atom stereocenters. The Morgan fingerprint density at radius 1 is 0.756 bits per heavy atom. The molecule has 0 radical (unpaired) electrons. The maximum atomic E-state index is 13.9. The largest absolute Gasteiger partial charge is 0.469 e. The fourth-order valence-electron chi connectivity index (χ4n) is 8.04. The number of pyridine rings is 1. The number of rotatable bonds is 32. The predicted molar refractivity (Wildman–Crippen MR) is 284 cm³/mol. The molecule has 2 aromatic heterocycles. The molecule has 0 saturated heterocycles. The van der Waals surface area contributed by atoms with E-state index in [2.05, 4.69) is 51.1 Å². The average Bonchev–Trinajstić information content (AvgIpc) is 3.86. The number of imidazole rings is 1. The third kappa shape index (κ3) is 19.4. The number of fused-ring (bicyclic) bond motifs is 1. The first-order chi connectivity index (χ1) is 37.1. The van der Waals surface area contributed by atoms with Gasteiger partial charge in [0.25, 0.3) is 5.91 Å². The Labute approximate surface area is 451 Å². The monoisotopic (exact) mass is 1110 g/mol. The number of nitrogens with two attached hydrogens (primary N) is 1. The highest BCUT2D eigenvalue weighted by Crippen LogP contribution is 2.22. The molecule has 4 rings (SSSR count). The lowest BCUT2D eigenvalue weighted by molar-refractivity contribution is -0.145. The van der Waals surface area contributed by atoms with Crippen molar-refractivity contribution >= 4 is 74.3 Å². The number of esters is 3. The van der Waals surface area contributed by atoms with Gasteiger partial charge in [-0.05, 0) is 68.9 Å². The van der Waals surface area contributed by atoms with E-state index >= 15 is 0 Å². The SMILES string of the molecule is COC(=O)CC(N)C(=O)N[C@H](CC(=O)OC)C(=O)NCCCOCCCNC(=O)CCC(=O)NCCCn1cc(C(=O)NCC(NS(=O)(=O)c2c(C)cc(C)cc2C)C(=O)OC)c(=O)c2ccc(CNc3nccn3C)cc21. The summed E-state index contributed by atoms with van der Waals surface area (Å²) in [5.74, 6) is -4.93. The maximum absolute atomic E-state index is 13.9. The standard InChI is InChI=1S/C51H71N11O15S/c1-31-23-32(2)46(33(3)24-31)78(72,73)60-39(50(71)76-7)29-57-47(68)36-30-62(40-25-34(11-12-35(40)45(36)67)28-58-51-56-18-20-61(51)4)19-8-15-53-41(63)13-14-42(64)54-16-9-21-77-22-10-17-55-49(70)38(27-44(66)75-6)59-48(69)37(52)26-43(65)74-5/h11-12,18,20,23-25,30,37-39,60H,8-10,13-17,19,21-22,26-29,52H2,1-7H3,(H,53,63)(H,54,64)(H,55,70)(H,56,58)(H,57,68)(H,59,69)/t37?,38-,39?/m1/s1. The lowest BCUT2D eigenvalue weighted by atomic mass is 10.1. The van der Waals surface area contributed by atoms with Gasteiger partial charge in [-0.25, -0.2) is 13.4 Å². The molecule has 0 saturated carbocycles. The van der Waals surface area contributed by atoms with Gasteiger partial charge in [0.15, 0.2) is 0 Å². The number of aromatic nitrogens is 3. The number of methoxy groups -OCH3 is 3. The van der Waals surface area contributed by atoms with Crippen LogP contribution in [-0.4, -0.2) is 149 Å². The smallest absolute Gasteiger partial charge is 0.325 e. The van der Waals surface area contributed by atoms with Gasteiger partial charge in [0.05, 0.1) is 50.6 Å². The van der Waals surface area contributed by atoms with E-state index in [9.17, 15) is 51.6 Å². The molecule has 9 N–H and O–H groups in total. The van der Waals surface area contributed by atoms with Crippen LogP contribution in [-0.2, 0) is 82.7 Å². The van der Waals surface area contributed by atoms with Crippen LogP contribution in [0.2, 0.25) is 0 Å². The number of ether oxygens (including phenoxy) is 4. The van der Waals surface area contributed by atoms with Gasteiger partial charge < -0.3 is 65.7 Å². The van der Waals surface area contributed by atoms with Crippen LogP contribution in [0.1, 0.15) is 77.6 Å². The van der Waals surface area contributed by atoms with Crippen LogP contribution in [0.25, 0.3) is 10.9 Å². The maximum Gasteiger partial charge on any atom is 0.325 e. The summed E-state index contributed by atoms with van der Waals surface area (Å²) < 4.78 is 52.5. The van der Waals surface area contributed by atoms with Crippen molar-refractivity contribution in [3.63, 3.8) is 0 Å². The third-order valence-electron chi connectivity index (χ3n) is 12.0. The fourth-order valence-corrected chi connectivity index (χ4v) is 9.68. The van der Waals surface area contributed by atoms with Crippen LogP contribution in [0.15, 0.2) is 58.6 Å². The van der Waals surface area contributed by atoms with E-state index in [0.29, 0.717) is 48.4 Å². The molecule has 3 atom stereocenters. The quantitative estimate of drug-likeness (QED) is 0.0178. The Bertz CT molecular complexity index is 2940. The summed E-state index contributed by atoms with van der Waals surface area (Å²) in [4.78, 5) is 119. The third-order valence-corrected chi connectivity index (χ3v) is 13.8. The van der Waals surface area contributed by atoms with Crippen molar-refractivity contribution in [3.05, 3.63) is 87.0 Å². The summed E-state index contributed by atoms with van der Waals surface area (Å²) in [5.41, 5.74) is 7.86. The Balaban J connectivity index is 1.27. The number of anilines is 1. The normalized spacial score (nSPS) is 12.4.